The molecule has 1 aliphatic carbocycles. The highest BCUT2D eigenvalue weighted by Gasteiger charge is 2.24. The fraction of sp³-hybridized carbons (Fsp3) is 0.625. The minimum atomic E-state index is 0. The normalized spacial score (nSPS) is 20.6. The molecule has 112 valence electrons. The molecule has 0 aromatic heterocycles. The number of nitrogens with one attached hydrogen (secondary N) is 1. The molecule has 1 aliphatic heterocycles. The van der Waals surface area contributed by atoms with Crippen LogP contribution in [0.1, 0.15) is 31.2 Å². The number of piperidine rings is 1. The van der Waals surface area contributed by atoms with E-state index in [9.17, 15) is 0 Å². The monoisotopic (exact) mass is 314 g/mol. The molecule has 1 saturated heterocycles. The Morgan fingerprint density at radius 2 is 1.90 bits per heavy atom. The molecule has 3 rings (SSSR count). The van der Waals surface area contributed by atoms with Crippen molar-refractivity contribution in [1.29, 1.82) is 0 Å². The van der Waals surface area contributed by atoms with Crippen LogP contribution in [0.3, 0.4) is 0 Å². The summed E-state index contributed by atoms with van der Waals surface area (Å²) < 4.78 is 0. The number of hydrogen-bond acceptors (Lipinski definition) is 2. The summed E-state index contributed by atoms with van der Waals surface area (Å²) in [4.78, 5) is 2.54. The van der Waals surface area contributed by atoms with Crippen LogP contribution in [0.4, 0.5) is 0 Å². The molecule has 1 heterocycles. The molecule has 0 atom stereocenters. The van der Waals surface area contributed by atoms with E-state index in [2.05, 4.69) is 22.3 Å². The Hall–Kier alpha value is -0.280. The molecular formula is C16H24Cl2N2. The molecule has 0 radical (unpaired) electrons. The second-order valence-electron chi connectivity index (χ2n) is 6.03. The van der Waals surface area contributed by atoms with Gasteiger partial charge in [-0.05, 0) is 68.9 Å². The van der Waals surface area contributed by atoms with E-state index >= 15 is 0 Å². The van der Waals surface area contributed by atoms with E-state index in [-0.39, 0.29) is 12.4 Å². The van der Waals surface area contributed by atoms with Crippen molar-refractivity contribution in [2.24, 2.45) is 5.92 Å². The highest BCUT2D eigenvalue weighted by Crippen LogP contribution is 2.28. The summed E-state index contributed by atoms with van der Waals surface area (Å²) >= 11 is 6.03. The van der Waals surface area contributed by atoms with Gasteiger partial charge in [0.05, 0.1) is 0 Å². The minimum Gasteiger partial charge on any atom is -0.314 e. The molecule has 1 aromatic rings. The lowest BCUT2D eigenvalue weighted by Crippen LogP contribution is -2.42. The summed E-state index contributed by atoms with van der Waals surface area (Å²) in [6.45, 7) is 4.69. The third-order valence-corrected chi connectivity index (χ3v) is 4.51. The maximum absolute atomic E-state index is 6.03. The standard InChI is InChI=1S/C16H23ClN2.ClH/c17-15-3-1-2-14(10-15)12-19-8-6-16(7-9-19)18-11-13-4-5-13;/h1-3,10,13,16,18H,4-9,11-12H2;1H. The Morgan fingerprint density at radius 3 is 2.55 bits per heavy atom. The first kappa shape index (κ1) is 16.1. The summed E-state index contributed by atoms with van der Waals surface area (Å²) in [5.74, 6) is 0.990. The average Bonchev–Trinajstić information content (AvgIpc) is 3.22. The lowest BCUT2D eigenvalue weighted by molar-refractivity contribution is 0.190. The molecule has 1 N–H and O–H groups in total. The quantitative estimate of drug-likeness (QED) is 0.891. The molecule has 0 spiro atoms. The highest BCUT2D eigenvalue weighted by molar-refractivity contribution is 6.30. The molecule has 4 heteroatoms. The number of benzene rings is 1. The second-order valence-corrected chi connectivity index (χ2v) is 6.47. The zero-order valence-electron chi connectivity index (χ0n) is 11.9. The Morgan fingerprint density at radius 1 is 1.15 bits per heavy atom. The van der Waals surface area contributed by atoms with Crippen LogP contribution in [-0.2, 0) is 6.54 Å². The summed E-state index contributed by atoms with van der Waals surface area (Å²) in [5, 5.41) is 4.58. The first-order chi connectivity index (χ1) is 9.29. The van der Waals surface area contributed by atoms with Gasteiger partial charge in [0.15, 0.2) is 0 Å². The van der Waals surface area contributed by atoms with Gasteiger partial charge in [-0.1, -0.05) is 23.7 Å². The molecule has 2 nitrogen and oxygen atoms in total. The van der Waals surface area contributed by atoms with Crippen molar-refractivity contribution in [3.63, 3.8) is 0 Å². The Kier molecular flexibility index (Phi) is 6.16. The molecule has 0 unspecified atom stereocenters. The van der Waals surface area contributed by atoms with Crippen molar-refractivity contribution in [3.05, 3.63) is 34.9 Å². The maximum Gasteiger partial charge on any atom is 0.0409 e. The first-order valence-corrected chi connectivity index (χ1v) is 7.87. The van der Waals surface area contributed by atoms with Crippen molar-refractivity contribution < 1.29 is 0 Å². The van der Waals surface area contributed by atoms with Crippen LogP contribution < -0.4 is 5.32 Å². The number of rotatable bonds is 5. The van der Waals surface area contributed by atoms with E-state index in [0.29, 0.717) is 0 Å². The summed E-state index contributed by atoms with van der Waals surface area (Å²) in [5.41, 5.74) is 1.33. The van der Waals surface area contributed by atoms with Crippen molar-refractivity contribution >= 4 is 24.0 Å². The van der Waals surface area contributed by atoms with Crippen molar-refractivity contribution in [1.82, 2.24) is 10.2 Å². The van der Waals surface area contributed by atoms with Crippen molar-refractivity contribution in [2.45, 2.75) is 38.3 Å². The Bertz CT molecular complexity index is 413. The summed E-state index contributed by atoms with van der Waals surface area (Å²) in [7, 11) is 0. The topological polar surface area (TPSA) is 15.3 Å². The minimum absolute atomic E-state index is 0. The van der Waals surface area contributed by atoms with Gasteiger partial charge in [-0.2, -0.15) is 0 Å². The van der Waals surface area contributed by atoms with Crippen molar-refractivity contribution in [3.8, 4) is 0 Å². The van der Waals surface area contributed by atoms with Gasteiger partial charge >= 0.3 is 0 Å². The van der Waals surface area contributed by atoms with E-state index in [0.717, 1.165) is 23.5 Å². The van der Waals surface area contributed by atoms with E-state index in [1.165, 1.54) is 50.9 Å². The largest absolute Gasteiger partial charge is 0.314 e. The van der Waals surface area contributed by atoms with E-state index in [1.807, 2.05) is 12.1 Å². The maximum atomic E-state index is 6.03. The molecule has 1 aromatic carbocycles. The van der Waals surface area contributed by atoms with Crippen LogP contribution in [0.2, 0.25) is 5.02 Å². The fourth-order valence-corrected chi connectivity index (χ4v) is 3.06. The summed E-state index contributed by atoms with van der Waals surface area (Å²) in [6.07, 6.45) is 5.46. The van der Waals surface area contributed by atoms with E-state index < -0.39 is 0 Å². The van der Waals surface area contributed by atoms with E-state index in [1.54, 1.807) is 0 Å². The second kappa shape index (κ2) is 7.65. The van der Waals surface area contributed by atoms with Crippen LogP contribution in [0.5, 0.6) is 0 Å². The zero-order chi connectivity index (χ0) is 13.1. The van der Waals surface area contributed by atoms with Gasteiger partial charge in [0.2, 0.25) is 0 Å². The molecule has 1 saturated carbocycles. The number of hydrogen-bond donors (Lipinski definition) is 1. The molecule has 0 bridgehead atoms. The van der Waals surface area contributed by atoms with Gasteiger partial charge in [0, 0.05) is 17.6 Å². The predicted molar refractivity (Wildman–Crippen MR) is 87.7 cm³/mol. The average molecular weight is 315 g/mol. The third-order valence-electron chi connectivity index (χ3n) is 4.27. The van der Waals surface area contributed by atoms with Gasteiger partial charge < -0.3 is 5.32 Å². The first-order valence-electron chi connectivity index (χ1n) is 7.50. The lowest BCUT2D eigenvalue weighted by atomic mass is 10.0. The third kappa shape index (κ3) is 4.92. The van der Waals surface area contributed by atoms with Gasteiger partial charge in [-0.25, -0.2) is 0 Å². The van der Waals surface area contributed by atoms with Gasteiger partial charge in [0.1, 0.15) is 0 Å². The Balaban J connectivity index is 0.00000147. The molecule has 2 aliphatic rings. The molecule has 20 heavy (non-hydrogen) atoms. The Labute approximate surface area is 133 Å². The molecule has 2 fully saturated rings. The lowest BCUT2D eigenvalue weighted by Gasteiger charge is -2.32. The van der Waals surface area contributed by atoms with Crippen LogP contribution in [0.15, 0.2) is 24.3 Å². The fourth-order valence-electron chi connectivity index (χ4n) is 2.84. The SMILES string of the molecule is Cl.Clc1cccc(CN2CCC(NCC3CC3)CC2)c1. The molecular weight excluding hydrogens is 291 g/mol. The summed E-state index contributed by atoms with van der Waals surface area (Å²) in [6, 6.07) is 8.99. The highest BCUT2D eigenvalue weighted by atomic mass is 35.5. The van der Waals surface area contributed by atoms with Crippen LogP contribution >= 0.6 is 24.0 Å². The van der Waals surface area contributed by atoms with Gasteiger partial charge in [0.25, 0.3) is 0 Å². The van der Waals surface area contributed by atoms with E-state index in [4.69, 9.17) is 11.6 Å². The van der Waals surface area contributed by atoms with Gasteiger partial charge in [-0.15, -0.1) is 12.4 Å². The predicted octanol–water partition coefficient (Wildman–Crippen LogP) is 3.73. The van der Waals surface area contributed by atoms with Crippen LogP contribution in [0.25, 0.3) is 0 Å². The van der Waals surface area contributed by atoms with Gasteiger partial charge in [-0.3, -0.25) is 4.90 Å². The zero-order valence-corrected chi connectivity index (χ0v) is 13.4. The van der Waals surface area contributed by atoms with Crippen LogP contribution in [-0.4, -0.2) is 30.6 Å². The molecule has 0 amide bonds. The van der Waals surface area contributed by atoms with Crippen molar-refractivity contribution in [2.75, 3.05) is 19.6 Å². The number of halogens is 2. The number of nitrogens with zero attached hydrogens (tertiary/aromatic N) is 1. The number of likely N-dealkylation sites (tertiary alicyclic amines) is 1. The smallest absolute Gasteiger partial charge is 0.0409 e. The van der Waals surface area contributed by atoms with Crippen LogP contribution in [0, 0.1) is 5.92 Å².